The molecular weight excluding hydrogens is 1020 g/mol. The van der Waals surface area contributed by atoms with E-state index < -0.39 is 49.5 Å². The summed E-state index contributed by atoms with van der Waals surface area (Å²) in [4.78, 5) is 13.1. The van der Waals surface area contributed by atoms with Crippen LogP contribution < -0.4 is 5.32 Å². The van der Waals surface area contributed by atoms with Crippen LogP contribution in [0.5, 0.6) is 0 Å². The molecule has 0 aromatic carbocycles. The lowest BCUT2D eigenvalue weighted by molar-refractivity contribution is -0.302. The molecule has 0 saturated carbocycles. The molecule has 0 radical (unpaired) electrons. The summed E-state index contributed by atoms with van der Waals surface area (Å²) in [5, 5.41) is 54.9. The van der Waals surface area contributed by atoms with Gasteiger partial charge in [-0.2, -0.15) is 0 Å². The number of unbranched alkanes of at least 4 members (excludes halogenated alkanes) is 33. The molecular formula is C73H129NO8. The third kappa shape index (κ3) is 49.4. The van der Waals surface area contributed by atoms with Crippen LogP contribution in [-0.4, -0.2) is 87.5 Å². The van der Waals surface area contributed by atoms with E-state index in [0.29, 0.717) is 12.8 Å². The molecule has 0 spiro atoms. The van der Waals surface area contributed by atoms with Gasteiger partial charge in [0.05, 0.1) is 25.4 Å². The first kappa shape index (κ1) is 77.1. The Labute approximate surface area is 504 Å². The van der Waals surface area contributed by atoms with Crippen molar-refractivity contribution in [2.24, 2.45) is 0 Å². The number of nitrogens with one attached hydrogen (secondary N) is 1. The Morgan fingerprint density at radius 3 is 1.12 bits per heavy atom. The van der Waals surface area contributed by atoms with Gasteiger partial charge in [0.25, 0.3) is 0 Å². The number of carbonyl (C=O) groups excluding carboxylic acids is 1. The molecule has 0 aliphatic carbocycles. The number of hydrogen-bond donors (Lipinski definition) is 6. The highest BCUT2D eigenvalue weighted by Crippen LogP contribution is 2.23. The fraction of sp³-hybridized carbons (Fsp3) is 0.767. The highest BCUT2D eigenvalue weighted by molar-refractivity contribution is 5.76. The minimum absolute atomic E-state index is 0.143. The number of aliphatic hydroxyl groups excluding tert-OH is 5. The van der Waals surface area contributed by atoms with Gasteiger partial charge in [-0.1, -0.05) is 317 Å². The first-order valence-electron chi connectivity index (χ1n) is 34.4. The van der Waals surface area contributed by atoms with E-state index in [1.165, 1.54) is 180 Å². The highest BCUT2D eigenvalue weighted by atomic mass is 16.7. The second-order valence-electron chi connectivity index (χ2n) is 23.6. The Morgan fingerprint density at radius 1 is 0.427 bits per heavy atom. The van der Waals surface area contributed by atoms with Crippen LogP contribution in [-0.2, 0) is 14.3 Å². The van der Waals surface area contributed by atoms with Gasteiger partial charge < -0.3 is 40.3 Å². The zero-order chi connectivity index (χ0) is 59.3. The Morgan fingerprint density at radius 2 is 0.756 bits per heavy atom. The first-order chi connectivity index (χ1) is 40.3. The summed E-state index contributed by atoms with van der Waals surface area (Å²) in [6.45, 7) is 3.75. The van der Waals surface area contributed by atoms with Gasteiger partial charge >= 0.3 is 0 Å². The predicted molar refractivity (Wildman–Crippen MR) is 350 cm³/mol. The zero-order valence-corrected chi connectivity index (χ0v) is 53.0. The lowest BCUT2D eigenvalue weighted by Crippen LogP contribution is -2.60. The molecule has 1 aliphatic rings. The average Bonchev–Trinajstić information content (AvgIpc) is 3.52. The van der Waals surface area contributed by atoms with Gasteiger partial charge in [-0.05, 0) is 77.0 Å². The smallest absolute Gasteiger partial charge is 0.220 e. The van der Waals surface area contributed by atoms with E-state index in [4.69, 9.17) is 9.47 Å². The van der Waals surface area contributed by atoms with E-state index in [2.05, 4.69) is 116 Å². The second kappa shape index (κ2) is 61.2. The minimum atomic E-state index is -1.56. The third-order valence-corrected chi connectivity index (χ3v) is 16.0. The largest absolute Gasteiger partial charge is 0.394 e. The van der Waals surface area contributed by atoms with Crippen molar-refractivity contribution in [3.8, 4) is 0 Å². The number of ether oxygens (including phenoxy) is 2. The van der Waals surface area contributed by atoms with E-state index in [0.717, 1.165) is 96.3 Å². The molecule has 1 aliphatic heterocycles. The lowest BCUT2D eigenvalue weighted by Gasteiger charge is -2.40. The van der Waals surface area contributed by atoms with Crippen LogP contribution in [0.1, 0.15) is 303 Å². The fourth-order valence-corrected chi connectivity index (χ4v) is 10.6. The van der Waals surface area contributed by atoms with E-state index in [9.17, 15) is 30.3 Å². The van der Waals surface area contributed by atoms with Crippen LogP contribution in [0.15, 0.2) is 97.2 Å². The molecule has 474 valence electrons. The molecule has 1 amide bonds. The van der Waals surface area contributed by atoms with E-state index in [-0.39, 0.29) is 12.5 Å². The summed E-state index contributed by atoms with van der Waals surface area (Å²) in [7, 11) is 0. The maximum absolute atomic E-state index is 13.1. The summed E-state index contributed by atoms with van der Waals surface area (Å²) < 4.78 is 11.4. The molecule has 0 aromatic rings. The van der Waals surface area contributed by atoms with E-state index in [1.54, 1.807) is 0 Å². The van der Waals surface area contributed by atoms with Crippen molar-refractivity contribution in [2.75, 3.05) is 13.2 Å². The van der Waals surface area contributed by atoms with Gasteiger partial charge in [0, 0.05) is 6.42 Å². The van der Waals surface area contributed by atoms with Crippen LogP contribution in [0.25, 0.3) is 0 Å². The van der Waals surface area contributed by atoms with Gasteiger partial charge in [0.15, 0.2) is 6.29 Å². The number of aliphatic hydroxyl groups is 5. The predicted octanol–water partition coefficient (Wildman–Crippen LogP) is 18.7. The van der Waals surface area contributed by atoms with Gasteiger partial charge in [0.1, 0.15) is 24.4 Å². The number of rotatable bonds is 59. The van der Waals surface area contributed by atoms with Gasteiger partial charge in [-0.3, -0.25) is 4.79 Å². The third-order valence-electron chi connectivity index (χ3n) is 16.0. The normalized spacial score (nSPS) is 18.9. The maximum atomic E-state index is 13.1. The number of carbonyl (C=O) groups is 1. The molecule has 6 N–H and O–H groups in total. The van der Waals surface area contributed by atoms with Gasteiger partial charge in [0.2, 0.25) is 5.91 Å². The Kier molecular flexibility index (Phi) is 57.6. The number of hydrogen-bond acceptors (Lipinski definition) is 8. The topological polar surface area (TPSA) is 149 Å². The number of amides is 1. The fourth-order valence-electron chi connectivity index (χ4n) is 10.6. The second-order valence-corrected chi connectivity index (χ2v) is 23.6. The molecule has 9 nitrogen and oxygen atoms in total. The highest BCUT2D eigenvalue weighted by Gasteiger charge is 2.44. The van der Waals surface area contributed by atoms with Gasteiger partial charge in [-0.25, -0.2) is 0 Å². The molecule has 0 aromatic heterocycles. The Balaban J connectivity index is 2.15. The van der Waals surface area contributed by atoms with Crippen molar-refractivity contribution >= 4 is 5.91 Å². The minimum Gasteiger partial charge on any atom is -0.394 e. The molecule has 0 bridgehead atoms. The maximum Gasteiger partial charge on any atom is 0.220 e. The lowest BCUT2D eigenvalue weighted by atomic mass is 9.99. The van der Waals surface area contributed by atoms with Crippen LogP contribution in [0.2, 0.25) is 0 Å². The molecule has 1 rings (SSSR count). The van der Waals surface area contributed by atoms with E-state index in [1.807, 2.05) is 0 Å². The van der Waals surface area contributed by atoms with Crippen LogP contribution in [0.3, 0.4) is 0 Å². The average molecular weight is 1150 g/mol. The molecule has 7 unspecified atom stereocenters. The van der Waals surface area contributed by atoms with Crippen LogP contribution in [0.4, 0.5) is 0 Å². The van der Waals surface area contributed by atoms with Crippen molar-refractivity contribution in [2.45, 2.75) is 346 Å². The van der Waals surface area contributed by atoms with Crippen molar-refractivity contribution in [3.05, 3.63) is 97.2 Å². The SMILES string of the molecule is CC/C=C\C/C=C\C/C=C\C/C=C\C/C=C\C/C=C\C/C=C\C/C=C\CCCCCCCCCCCCC(=O)NC(COC1OC(CO)C(O)C(O)C1O)C(O)CCCCCCCCCCCCCCCCCCCCCCCCCC. The quantitative estimate of drug-likeness (QED) is 0.0261. The monoisotopic (exact) mass is 1150 g/mol. The van der Waals surface area contributed by atoms with Crippen LogP contribution >= 0.6 is 0 Å². The Hall–Kier alpha value is -2.89. The number of allylic oxidation sites excluding steroid dienone is 16. The Bertz CT molecular complexity index is 1620. The van der Waals surface area contributed by atoms with Crippen molar-refractivity contribution in [1.82, 2.24) is 5.32 Å². The van der Waals surface area contributed by atoms with Gasteiger partial charge in [-0.15, -0.1) is 0 Å². The summed E-state index contributed by atoms with van der Waals surface area (Å²) in [5.41, 5.74) is 0. The molecule has 1 fully saturated rings. The van der Waals surface area contributed by atoms with Crippen LogP contribution in [0, 0.1) is 0 Å². The molecule has 1 saturated heterocycles. The summed E-state index contributed by atoms with van der Waals surface area (Å²) in [6.07, 6.45) is 81.7. The van der Waals surface area contributed by atoms with Crippen molar-refractivity contribution in [1.29, 1.82) is 0 Å². The molecule has 9 heteroatoms. The van der Waals surface area contributed by atoms with Crippen molar-refractivity contribution < 1.29 is 39.8 Å². The molecule has 7 atom stereocenters. The first-order valence-corrected chi connectivity index (χ1v) is 34.4. The van der Waals surface area contributed by atoms with Crippen molar-refractivity contribution in [3.63, 3.8) is 0 Å². The molecule has 1 heterocycles. The molecule has 82 heavy (non-hydrogen) atoms. The van der Waals surface area contributed by atoms with E-state index >= 15 is 0 Å². The summed E-state index contributed by atoms with van der Waals surface area (Å²) in [5.74, 6) is -0.149. The summed E-state index contributed by atoms with van der Waals surface area (Å²) in [6, 6.07) is -0.729. The standard InChI is InChI=1S/C73H129NO8/c1-3-5-7-9-11-13-15-17-19-21-23-25-27-29-30-31-32-33-34-35-36-37-38-39-41-43-45-47-49-51-53-55-57-59-61-63-69(77)74-66(65-81-73-72(80)71(79)70(78)68(64-75)82-73)67(76)62-60-58-56-54-52-50-48-46-44-42-40-28-26-24-22-20-18-16-14-12-10-8-6-4-2/h5,7,11,13,17,19,23,25,29-30,32-33,35-36,38-39,66-68,70-73,75-76,78-80H,3-4,6,8-10,12,14-16,18,20-22,24,26-28,31,34,37,40-65H2,1-2H3,(H,74,77)/b7-5-,13-11-,19-17-,25-23-,30-29-,33-32-,36-35-,39-38-. The summed E-state index contributed by atoms with van der Waals surface area (Å²) >= 11 is 0. The zero-order valence-electron chi connectivity index (χ0n) is 53.0.